The zero-order valence-corrected chi connectivity index (χ0v) is 28.9. The molecule has 0 amide bonds. The van der Waals surface area contributed by atoms with Crippen molar-refractivity contribution < 1.29 is 51.5 Å². The molecule has 0 aromatic heterocycles. The number of benzene rings is 5. The van der Waals surface area contributed by atoms with E-state index < -0.39 is 58.6 Å². The van der Waals surface area contributed by atoms with E-state index in [0.717, 1.165) is 0 Å². The van der Waals surface area contributed by atoms with Gasteiger partial charge in [0.05, 0.1) is 23.0 Å². The van der Waals surface area contributed by atoms with Gasteiger partial charge in [-0.25, -0.2) is 12.6 Å². The van der Waals surface area contributed by atoms with Crippen molar-refractivity contribution in [3.8, 4) is 11.1 Å². The summed E-state index contributed by atoms with van der Waals surface area (Å²) < 4.78 is 127. The first-order valence-electron chi connectivity index (χ1n) is 14.3. The van der Waals surface area contributed by atoms with E-state index in [1.807, 2.05) is 6.07 Å². The zero-order chi connectivity index (χ0) is 35.8. The van der Waals surface area contributed by atoms with E-state index in [1.54, 1.807) is 66.5 Å². The number of nitrogens with one attached hydrogen (secondary N) is 1. The maximum absolute atomic E-state index is 12.8. The van der Waals surface area contributed by atoms with E-state index in [2.05, 4.69) is 9.50 Å². The molecular weight excluding hydrogens is 721 g/mol. The highest BCUT2D eigenvalue weighted by molar-refractivity contribution is 7.91. The lowest BCUT2D eigenvalue weighted by molar-refractivity contribution is 0.284. The number of sulfone groups is 1. The van der Waals surface area contributed by atoms with Crippen LogP contribution in [0.25, 0.3) is 32.7 Å². The number of hydrogen-bond donors (Lipinski definition) is 4. The molecule has 5 aromatic rings. The van der Waals surface area contributed by atoms with Crippen LogP contribution in [-0.2, 0) is 44.7 Å². The van der Waals surface area contributed by atoms with Crippen molar-refractivity contribution in [2.75, 3.05) is 41.9 Å². The molecule has 0 aliphatic carbocycles. The maximum Gasteiger partial charge on any atom is 0.397 e. The molecule has 0 heterocycles. The minimum Gasteiger partial charge on any atom is -0.373 e. The summed E-state index contributed by atoms with van der Waals surface area (Å²) in [5, 5.41) is 5.66. The fourth-order valence-electron chi connectivity index (χ4n) is 5.31. The average Bonchev–Trinajstić information content (AvgIpc) is 3.01. The fourth-order valence-corrected chi connectivity index (χ4v) is 8.04. The van der Waals surface area contributed by atoms with Gasteiger partial charge in [0.25, 0.3) is 20.2 Å². The first-order valence-corrected chi connectivity index (χ1v) is 20.3. The molecule has 0 aliphatic heterocycles. The Labute approximate surface area is 283 Å². The topological polar surface area (TPSA) is 222 Å². The van der Waals surface area contributed by atoms with E-state index >= 15 is 0 Å². The van der Waals surface area contributed by atoms with Crippen LogP contribution < -0.4 is 10.2 Å². The Bertz CT molecular complexity index is 2520. The van der Waals surface area contributed by atoms with Gasteiger partial charge in [-0.15, -0.1) is 0 Å². The summed E-state index contributed by atoms with van der Waals surface area (Å²) in [7, 11) is -16.0. The summed E-state index contributed by atoms with van der Waals surface area (Å²) in [6.45, 7) is -0.786. The molecule has 5 aromatic carbocycles. The molecule has 49 heavy (non-hydrogen) atoms. The van der Waals surface area contributed by atoms with Gasteiger partial charge in [-0.2, -0.15) is 25.3 Å². The van der Waals surface area contributed by atoms with Gasteiger partial charge in [0, 0.05) is 36.2 Å². The number of rotatable bonds is 13. The molecule has 5 rings (SSSR count). The van der Waals surface area contributed by atoms with Crippen LogP contribution in [0.15, 0.2) is 101 Å². The molecule has 0 atom stereocenters. The monoisotopic (exact) mass is 750 g/mol. The van der Waals surface area contributed by atoms with Gasteiger partial charge in [0.1, 0.15) is 4.90 Å². The summed E-state index contributed by atoms with van der Waals surface area (Å²) >= 11 is 0. The molecule has 260 valence electrons. The van der Waals surface area contributed by atoms with Crippen molar-refractivity contribution in [3.63, 3.8) is 0 Å². The lowest BCUT2D eigenvalue weighted by atomic mass is 9.91. The Balaban J connectivity index is 1.60. The first kappa shape index (κ1) is 36.1. The normalized spacial score (nSPS) is 12.7. The van der Waals surface area contributed by atoms with Gasteiger partial charge < -0.3 is 10.2 Å². The molecule has 4 N–H and O–H groups in total. The molecule has 0 spiro atoms. The molecule has 14 nitrogen and oxygen atoms in total. The van der Waals surface area contributed by atoms with Crippen LogP contribution >= 0.6 is 0 Å². The molecule has 0 radical (unpaired) electrons. The van der Waals surface area contributed by atoms with Crippen LogP contribution in [0.2, 0.25) is 0 Å². The number of nitrogens with zero attached hydrogens (tertiary/aromatic N) is 1. The SMILES string of the molecule is CN(CCS(=O)(=O)O)c1ccc2c(-c3ccccc3S(=O)(=O)O)c3ccc(Nc4cccc(S(=O)(=O)CCOS(=O)(=O)O)c4)cc3cc2c1. The van der Waals surface area contributed by atoms with Crippen molar-refractivity contribution >= 4 is 79.1 Å². The van der Waals surface area contributed by atoms with Gasteiger partial charge in [0.15, 0.2) is 9.84 Å². The van der Waals surface area contributed by atoms with E-state index in [4.69, 9.17) is 4.55 Å². The Kier molecular flexibility index (Phi) is 10.1. The highest BCUT2D eigenvalue weighted by Crippen LogP contribution is 2.41. The van der Waals surface area contributed by atoms with Crippen LogP contribution in [0, 0.1) is 0 Å². The summed E-state index contributed by atoms with van der Waals surface area (Å²) in [4.78, 5) is 1.20. The summed E-state index contributed by atoms with van der Waals surface area (Å²) in [6.07, 6.45) is 0. The highest BCUT2D eigenvalue weighted by Gasteiger charge is 2.21. The van der Waals surface area contributed by atoms with Crippen LogP contribution in [0.3, 0.4) is 0 Å². The highest BCUT2D eigenvalue weighted by atomic mass is 32.3. The van der Waals surface area contributed by atoms with Crippen LogP contribution in [0.5, 0.6) is 0 Å². The van der Waals surface area contributed by atoms with Crippen molar-refractivity contribution in [3.05, 3.63) is 91.0 Å². The van der Waals surface area contributed by atoms with Gasteiger partial charge in [-0.05, 0) is 81.7 Å². The predicted octanol–water partition coefficient (Wildman–Crippen LogP) is 4.57. The Morgan fingerprint density at radius 3 is 2.02 bits per heavy atom. The summed E-state index contributed by atoms with van der Waals surface area (Å²) in [6, 6.07) is 24.0. The number of hydrogen-bond acceptors (Lipinski definition) is 11. The van der Waals surface area contributed by atoms with E-state index in [-0.39, 0.29) is 21.9 Å². The molecule has 0 aliphatic rings. The van der Waals surface area contributed by atoms with E-state index in [1.165, 1.54) is 30.3 Å². The smallest absolute Gasteiger partial charge is 0.373 e. The van der Waals surface area contributed by atoms with Crippen LogP contribution in [0.4, 0.5) is 17.1 Å². The second-order valence-corrected chi connectivity index (χ2v) is 17.2. The Morgan fingerprint density at radius 2 is 1.35 bits per heavy atom. The Hall–Kier alpha value is -4.14. The van der Waals surface area contributed by atoms with E-state index in [0.29, 0.717) is 44.2 Å². The standard InChI is InChI=1S/C31H30N2O12S4/c1-33(13-15-47(36,37)38)25-10-12-28-22(19-25)17-21-18-24(9-11-27(21)31(28)29-7-2-3-8-30(29)48(39,40)41)32-23-5-4-6-26(20-23)46(34,35)16-14-45-49(42,43)44/h2-12,17-20,32H,13-16H2,1H3,(H,36,37,38)(H,39,40,41)(H,42,43,44). The van der Waals surface area contributed by atoms with Gasteiger partial charge >= 0.3 is 10.4 Å². The van der Waals surface area contributed by atoms with Crippen molar-refractivity contribution in [2.24, 2.45) is 0 Å². The first-order chi connectivity index (χ1) is 22.8. The van der Waals surface area contributed by atoms with Crippen molar-refractivity contribution in [2.45, 2.75) is 9.79 Å². The van der Waals surface area contributed by atoms with Gasteiger partial charge in [-0.3, -0.25) is 13.7 Å². The van der Waals surface area contributed by atoms with Gasteiger partial charge in [0.2, 0.25) is 0 Å². The fraction of sp³-hybridized carbons (Fsp3) is 0.161. The maximum atomic E-state index is 12.8. The second-order valence-electron chi connectivity index (χ2n) is 11.0. The molecule has 18 heteroatoms. The lowest BCUT2D eigenvalue weighted by Crippen LogP contribution is -2.24. The third-order valence-corrected chi connectivity index (χ3v) is 11.3. The number of anilines is 3. The third-order valence-electron chi connectivity index (χ3n) is 7.56. The zero-order valence-electron chi connectivity index (χ0n) is 25.6. The van der Waals surface area contributed by atoms with E-state index in [9.17, 15) is 42.8 Å². The summed E-state index contributed by atoms with van der Waals surface area (Å²) in [5.74, 6) is -1.21. The molecule has 0 saturated heterocycles. The Morgan fingerprint density at radius 1 is 0.694 bits per heavy atom. The molecule has 0 fully saturated rings. The largest absolute Gasteiger partial charge is 0.397 e. The number of fused-ring (bicyclic) bond motifs is 2. The molecular formula is C31H30N2O12S4. The molecule has 0 saturated carbocycles. The van der Waals surface area contributed by atoms with Gasteiger partial charge in [-0.1, -0.05) is 36.4 Å². The van der Waals surface area contributed by atoms with Crippen molar-refractivity contribution in [1.29, 1.82) is 0 Å². The average molecular weight is 751 g/mol. The van der Waals surface area contributed by atoms with Crippen LogP contribution in [-0.4, -0.2) is 79.0 Å². The quantitative estimate of drug-likeness (QED) is 0.0957. The molecule has 0 bridgehead atoms. The molecule has 0 unspecified atom stereocenters. The second kappa shape index (κ2) is 13.6. The minimum atomic E-state index is -4.81. The summed E-state index contributed by atoms with van der Waals surface area (Å²) in [5.41, 5.74) is 2.24. The third kappa shape index (κ3) is 8.91. The lowest BCUT2D eigenvalue weighted by Gasteiger charge is -2.21. The van der Waals surface area contributed by atoms with Crippen LogP contribution in [0.1, 0.15) is 0 Å². The minimum absolute atomic E-state index is 0.00716. The predicted molar refractivity (Wildman–Crippen MR) is 186 cm³/mol. The van der Waals surface area contributed by atoms with Crippen molar-refractivity contribution in [1.82, 2.24) is 0 Å².